The molecule has 5 rings (SSSR count). The first-order valence-electron chi connectivity index (χ1n) is 10.1. The highest BCUT2D eigenvalue weighted by molar-refractivity contribution is 7.14. The zero-order chi connectivity index (χ0) is 23.5. The molecule has 0 aliphatic heterocycles. The quantitative estimate of drug-likeness (QED) is 0.180. The van der Waals surface area contributed by atoms with Crippen LogP contribution in [0.1, 0.15) is 5.56 Å². The van der Waals surface area contributed by atoms with Gasteiger partial charge in [-0.3, -0.25) is 15.5 Å². The van der Waals surface area contributed by atoms with Crippen molar-refractivity contribution in [1.29, 1.82) is 0 Å². The topological polar surface area (TPSA) is 111 Å². The summed E-state index contributed by atoms with van der Waals surface area (Å²) in [5, 5.41) is 27.3. The fourth-order valence-corrected chi connectivity index (χ4v) is 4.12. The second-order valence-corrected chi connectivity index (χ2v) is 8.55. The summed E-state index contributed by atoms with van der Waals surface area (Å²) in [6, 6.07) is 21.3. The highest BCUT2D eigenvalue weighted by Gasteiger charge is 2.13. The first kappa shape index (κ1) is 21.7. The maximum absolute atomic E-state index is 11.1. The number of non-ortho nitro benzene ring substituents is 1. The Morgan fingerprint density at radius 3 is 2.62 bits per heavy atom. The maximum atomic E-state index is 11.1. The van der Waals surface area contributed by atoms with Gasteiger partial charge in [-0.05, 0) is 36.4 Å². The lowest BCUT2D eigenvalue weighted by Crippen LogP contribution is -2.15. The van der Waals surface area contributed by atoms with Gasteiger partial charge in [0.2, 0.25) is 5.13 Å². The number of rotatable bonds is 7. The Bertz CT molecular complexity index is 1490. The van der Waals surface area contributed by atoms with Crippen molar-refractivity contribution in [3.05, 3.63) is 98.9 Å². The van der Waals surface area contributed by atoms with Crippen molar-refractivity contribution in [1.82, 2.24) is 20.0 Å². The van der Waals surface area contributed by atoms with Crippen molar-refractivity contribution >= 4 is 50.5 Å². The molecule has 2 heterocycles. The Kier molecular flexibility index (Phi) is 5.98. The van der Waals surface area contributed by atoms with E-state index in [1.807, 2.05) is 53.9 Å². The minimum absolute atomic E-state index is 0.00907. The van der Waals surface area contributed by atoms with Crippen molar-refractivity contribution in [2.45, 2.75) is 6.54 Å². The number of hydrazone groups is 1. The van der Waals surface area contributed by atoms with E-state index in [0.717, 1.165) is 22.3 Å². The molecule has 0 atom stereocenters. The van der Waals surface area contributed by atoms with Gasteiger partial charge in [0.25, 0.3) is 5.69 Å². The molecule has 0 fully saturated rings. The summed E-state index contributed by atoms with van der Waals surface area (Å²) in [5.41, 5.74) is 7.74. The number of hydrogen-bond acceptors (Lipinski definition) is 8. The molecule has 0 saturated carbocycles. The summed E-state index contributed by atoms with van der Waals surface area (Å²) < 4.78 is 1.73. The Morgan fingerprint density at radius 2 is 1.85 bits per heavy atom. The molecule has 0 aliphatic carbocycles. The largest absolute Gasteiger partial charge is 0.269 e. The number of benzene rings is 3. The van der Waals surface area contributed by atoms with Crippen LogP contribution >= 0.6 is 22.9 Å². The minimum Gasteiger partial charge on any atom is -0.258 e. The molecule has 0 amide bonds. The smallest absolute Gasteiger partial charge is 0.258 e. The van der Waals surface area contributed by atoms with Crippen molar-refractivity contribution in [2.75, 3.05) is 5.43 Å². The standard InChI is InChI=1S/C23H16ClN7O2S/c24-17-9-5-16(6-10-17)21-14-34-23(25-21)28-26-20(15-7-11-18(12-8-15)31(32)33)13-30-22-4-2-1-3-19(22)27-29-30/h1-12,14H,13H2,(H,25,28)/b26-20-. The summed E-state index contributed by atoms with van der Waals surface area (Å²) in [7, 11) is 0. The molecule has 0 spiro atoms. The molecule has 0 bridgehead atoms. The van der Waals surface area contributed by atoms with Crippen LogP contribution in [-0.4, -0.2) is 30.6 Å². The molecular formula is C23H16ClN7O2S. The number of nitro benzene ring substituents is 1. The number of nitrogens with one attached hydrogen (secondary N) is 1. The highest BCUT2D eigenvalue weighted by atomic mass is 35.5. The summed E-state index contributed by atoms with van der Waals surface area (Å²) in [5.74, 6) is 0. The Labute approximate surface area is 202 Å². The normalized spacial score (nSPS) is 11.6. The molecule has 0 aliphatic rings. The summed E-state index contributed by atoms with van der Waals surface area (Å²) >= 11 is 7.39. The van der Waals surface area contributed by atoms with Crippen LogP contribution in [0, 0.1) is 10.1 Å². The van der Waals surface area contributed by atoms with Gasteiger partial charge < -0.3 is 0 Å². The number of halogens is 1. The van der Waals surface area contributed by atoms with E-state index in [9.17, 15) is 10.1 Å². The summed E-state index contributed by atoms with van der Waals surface area (Å²) in [4.78, 5) is 15.2. The van der Waals surface area contributed by atoms with Crippen LogP contribution in [0.2, 0.25) is 5.02 Å². The zero-order valence-corrected chi connectivity index (χ0v) is 19.1. The Hall–Kier alpha value is -4.15. The van der Waals surface area contributed by atoms with Gasteiger partial charge in [-0.25, -0.2) is 9.67 Å². The third kappa shape index (κ3) is 4.63. The van der Waals surface area contributed by atoms with Gasteiger partial charge in [-0.15, -0.1) is 16.4 Å². The second kappa shape index (κ2) is 9.38. The molecular weight excluding hydrogens is 474 g/mol. The zero-order valence-electron chi connectivity index (χ0n) is 17.5. The number of anilines is 1. The third-order valence-electron chi connectivity index (χ3n) is 5.06. The van der Waals surface area contributed by atoms with E-state index < -0.39 is 4.92 Å². The minimum atomic E-state index is -0.433. The molecule has 3 aromatic carbocycles. The van der Waals surface area contributed by atoms with Crippen LogP contribution in [0.3, 0.4) is 0 Å². The van der Waals surface area contributed by atoms with Crippen molar-refractivity contribution < 1.29 is 4.92 Å². The fraction of sp³-hybridized carbons (Fsp3) is 0.0435. The summed E-state index contributed by atoms with van der Waals surface area (Å²) in [6.07, 6.45) is 0. The predicted octanol–water partition coefficient (Wildman–Crippen LogP) is 5.63. The predicted molar refractivity (Wildman–Crippen MR) is 133 cm³/mol. The van der Waals surface area contributed by atoms with Gasteiger partial charge in [-0.2, -0.15) is 5.10 Å². The first-order chi connectivity index (χ1) is 16.6. The molecule has 5 aromatic rings. The number of hydrogen-bond donors (Lipinski definition) is 1. The molecule has 168 valence electrons. The van der Waals surface area contributed by atoms with Crippen LogP contribution in [0.5, 0.6) is 0 Å². The number of nitro groups is 1. The van der Waals surface area contributed by atoms with E-state index in [2.05, 4.69) is 25.8 Å². The van der Waals surface area contributed by atoms with Crippen molar-refractivity contribution in [2.24, 2.45) is 5.10 Å². The van der Waals surface area contributed by atoms with Crippen molar-refractivity contribution in [3.8, 4) is 11.3 Å². The van der Waals surface area contributed by atoms with E-state index in [1.54, 1.807) is 16.8 Å². The molecule has 2 aromatic heterocycles. The number of aromatic nitrogens is 4. The lowest BCUT2D eigenvalue weighted by atomic mass is 10.1. The SMILES string of the molecule is O=[N+]([O-])c1ccc(/C(Cn2nnc3ccccc32)=N\Nc2nc(-c3ccc(Cl)cc3)cs2)cc1. The van der Waals surface area contributed by atoms with E-state index in [-0.39, 0.29) is 5.69 Å². The van der Waals surface area contributed by atoms with Gasteiger partial charge in [-0.1, -0.05) is 41.1 Å². The maximum Gasteiger partial charge on any atom is 0.269 e. The Balaban J connectivity index is 1.45. The Morgan fingerprint density at radius 1 is 1.09 bits per heavy atom. The molecule has 0 radical (unpaired) electrons. The first-order valence-corrected chi connectivity index (χ1v) is 11.4. The lowest BCUT2D eigenvalue weighted by Gasteiger charge is -2.08. The molecule has 11 heteroatoms. The van der Waals surface area contributed by atoms with Crippen LogP contribution in [-0.2, 0) is 6.54 Å². The van der Waals surface area contributed by atoms with Crippen LogP contribution in [0.25, 0.3) is 22.3 Å². The van der Waals surface area contributed by atoms with Crippen molar-refractivity contribution in [3.63, 3.8) is 0 Å². The van der Waals surface area contributed by atoms with E-state index in [0.29, 0.717) is 28.0 Å². The average Bonchev–Trinajstić information content (AvgIpc) is 3.50. The van der Waals surface area contributed by atoms with Crippen LogP contribution < -0.4 is 5.43 Å². The second-order valence-electron chi connectivity index (χ2n) is 7.25. The van der Waals surface area contributed by atoms with Crippen LogP contribution in [0.15, 0.2) is 83.3 Å². The number of nitrogens with zero attached hydrogens (tertiary/aromatic N) is 6. The number of fused-ring (bicyclic) bond motifs is 1. The van der Waals surface area contributed by atoms with Gasteiger partial charge in [0, 0.05) is 33.7 Å². The molecule has 34 heavy (non-hydrogen) atoms. The number of thiazole rings is 1. The lowest BCUT2D eigenvalue weighted by molar-refractivity contribution is -0.384. The molecule has 0 unspecified atom stereocenters. The van der Waals surface area contributed by atoms with Crippen LogP contribution in [0.4, 0.5) is 10.8 Å². The molecule has 9 nitrogen and oxygen atoms in total. The van der Waals surface area contributed by atoms with Gasteiger partial charge in [0.1, 0.15) is 5.52 Å². The summed E-state index contributed by atoms with van der Waals surface area (Å²) in [6.45, 7) is 0.306. The van der Waals surface area contributed by atoms with E-state index in [4.69, 9.17) is 11.6 Å². The molecule has 1 N–H and O–H groups in total. The average molecular weight is 490 g/mol. The van der Waals surface area contributed by atoms with Gasteiger partial charge in [0.15, 0.2) is 0 Å². The fourth-order valence-electron chi connectivity index (χ4n) is 3.34. The number of para-hydroxylation sites is 1. The third-order valence-corrected chi connectivity index (χ3v) is 6.06. The van der Waals surface area contributed by atoms with E-state index >= 15 is 0 Å². The highest BCUT2D eigenvalue weighted by Crippen LogP contribution is 2.26. The molecule has 0 saturated heterocycles. The van der Waals surface area contributed by atoms with Gasteiger partial charge >= 0.3 is 0 Å². The monoisotopic (exact) mass is 489 g/mol. The van der Waals surface area contributed by atoms with Gasteiger partial charge in [0.05, 0.1) is 28.4 Å². The van der Waals surface area contributed by atoms with E-state index in [1.165, 1.54) is 23.5 Å².